The SMILES string of the molecule is O=C(CN1CCCCC1)Nc1ccccc1C(=O)c1ccccc1. The predicted molar refractivity (Wildman–Crippen MR) is 95.2 cm³/mol. The van der Waals surface area contributed by atoms with Crippen molar-refractivity contribution in [2.45, 2.75) is 19.3 Å². The smallest absolute Gasteiger partial charge is 0.238 e. The molecule has 1 aliphatic heterocycles. The van der Waals surface area contributed by atoms with Crippen molar-refractivity contribution in [3.8, 4) is 0 Å². The highest BCUT2D eigenvalue weighted by Crippen LogP contribution is 2.19. The van der Waals surface area contributed by atoms with Crippen molar-refractivity contribution in [2.75, 3.05) is 25.0 Å². The molecule has 3 rings (SSSR count). The lowest BCUT2D eigenvalue weighted by atomic mass is 10.0. The van der Waals surface area contributed by atoms with Crippen molar-refractivity contribution in [1.82, 2.24) is 4.90 Å². The zero-order valence-electron chi connectivity index (χ0n) is 13.7. The lowest BCUT2D eigenvalue weighted by Crippen LogP contribution is -2.37. The first-order valence-corrected chi connectivity index (χ1v) is 8.45. The molecule has 1 saturated heterocycles. The van der Waals surface area contributed by atoms with Crippen LogP contribution in [0.5, 0.6) is 0 Å². The minimum Gasteiger partial charge on any atom is -0.324 e. The van der Waals surface area contributed by atoms with Crippen LogP contribution in [0.15, 0.2) is 54.6 Å². The first kappa shape index (κ1) is 16.4. The standard InChI is InChI=1S/C20H22N2O2/c23-19(15-22-13-7-2-8-14-22)21-18-12-6-5-11-17(18)20(24)16-9-3-1-4-10-16/h1,3-6,9-12H,2,7-8,13-15H2,(H,21,23). The van der Waals surface area contributed by atoms with Gasteiger partial charge in [0.1, 0.15) is 0 Å². The number of anilines is 1. The Balaban J connectivity index is 1.72. The van der Waals surface area contributed by atoms with E-state index in [0.717, 1.165) is 25.9 Å². The normalized spacial score (nSPS) is 15.0. The van der Waals surface area contributed by atoms with Gasteiger partial charge in [-0.1, -0.05) is 48.9 Å². The highest BCUT2D eigenvalue weighted by Gasteiger charge is 2.17. The summed E-state index contributed by atoms with van der Waals surface area (Å²) in [5.41, 5.74) is 1.72. The zero-order valence-corrected chi connectivity index (χ0v) is 13.7. The fourth-order valence-corrected chi connectivity index (χ4v) is 3.05. The fraction of sp³-hybridized carbons (Fsp3) is 0.300. The molecule has 0 aromatic heterocycles. The van der Waals surface area contributed by atoms with Gasteiger partial charge in [-0.15, -0.1) is 0 Å². The van der Waals surface area contributed by atoms with Crippen molar-refractivity contribution in [3.63, 3.8) is 0 Å². The Hall–Kier alpha value is -2.46. The minimum atomic E-state index is -0.0792. The molecule has 0 bridgehead atoms. The molecule has 1 N–H and O–H groups in total. The molecular weight excluding hydrogens is 300 g/mol. The maximum Gasteiger partial charge on any atom is 0.238 e. The number of carbonyl (C=O) groups is 2. The van der Waals surface area contributed by atoms with Gasteiger partial charge >= 0.3 is 0 Å². The summed E-state index contributed by atoms with van der Waals surface area (Å²) in [4.78, 5) is 27.2. The summed E-state index contributed by atoms with van der Waals surface area (Å²) in [7, 11) is 0. The zero-order chi connectivity index (χ0) is 16.8. The summed E-state index contributed by atoms with van der Waals surface area (Å²) >= 11 is 0. The summed E-state index contributed by atoms with van der Waals surface area (Å²) in [6.45, 7) is 2.32. The van der Waals surface area contributed by atoms with E-state index in [4.69, 9.17) is 0 Å². The molecule has 124 valence electrons. The minimum absolute atomic E-state index is 0.0646. The van der Waals surface area contributed by atoms with Crippen LogP contribution < -0.4 is 5.32 Å². The van der Waals surface area contributed by atoms with Gasteiger partial charge in [-0.25, -0.2) is 0 Å². The van der Waals surface area contributed by atoms with Gasteiger partial charge in [0.15, 0.2) is 5.78 Å². The quantitative estimate of drug-likeness (QED) is 0.859. The fourth-order valence-electron chi connectivity index (χ4n) is 3.05. The molecule has 1 aliphatic rings. The Morgan fingerprint density at radius 1 is 0.875 bits per heavy atom. The number of carbonyl (C=O) groups excluding carboxylic acids is 2. The molecule has 2 aromatic rings. The first-order valence-electron chi connectivity index (χ1n) is 8.45. The second kappa shape index (κ2) is 7.88. The highest BCUT2D eigenvalue weighted by atomic mass is 16.2. The number of hydrogen-bond acceptors (Lipinski definition) is 3. The molecule has 0 saturated carbocycles. The maximum absolute atomic E-state index is 12.7. The van der Waals surface area contributed by atoms with Crippen molar-refractivity contribution in [1.29, 1.82) is 0 Å². The van der Waals surface area contributed by atoms with E-state index in [9.17, 15) is 9.59 Å². The van der Waals surface area contributed by atoms with Crippen LogP contribution in [0.4, 0.5) is 5.69 Å². The molecule has 1 heterocycles. The van der Waals surface area contributed by atoms with E-state index in [1.54, 1.807) is 24.3 Å². The Kier molecular flexibility index (Phi) is 5.39. The van der Waals surface area contributed by atoms with Crippen LogP contribution in [-0.4, -0.2) is 36.2 Å². The van der Waals surface area contributed by atoms with E-state index in [1.807, 2.05) is 30.3 Å². The van der Waals surface area contributed by atoms with Crippen LogP contribution in [0.2, 0.25) is 0 Å². The van der Waals surface area contributed by atoms with Gasteiger partial charge in [-0.05, 0) is 38.1 Å². The third kappa shape index (κ3) is 4.09. The Labute approximate surface area is 142 Å². The number of nitrogens with one attached hydrogen (secondary N) is 1. The Bertz CT molecular complexity index is 707. The molecule has 1 amide bonds. The summed E-state index contributed by atoms with van der Waals surface area (Å²) in [6, 6.07) is 16.3. The second-order valence-corrected chi connectivity index (χ2v) is 6.13. The van der Waals surface area contributed by atoms with E-state index in [0.29, 0.717) is 23.4 Å². The van der Waals surface area contributed by atoms with Gasteiger partial charge in [0.2, 0.25) is 5.91 Å². The lowest BCUT2D eigenvalue weighted by molar-refractivity contribution is -0.117. The Morgan fingerprint density at radius 3 is 2.29 bits per heavy atom. The number of nitrogens with zero attached hydrogens (tertiary/aromatic N) is 1. The van der Waals surface area contributed by atoms with Gasteiger partial charge in [0.05, 0.1) is 12.2 Å². The summed E-state index contributed by atoms with van der Waals surface area (Å²) < 4.78 is 0. The van der Waals surface area contributed by atoms with Crippen LogP contribution in [0.1, 0.15) is 35.2 Å². The Morgan fingerprint density at radius 2 is 1.54 bits per heavy atom. The van der Waals surface area contributed by atoms with Crippen molar-refractivity contribution < 1.29 is 9.59 Å². The molecule has 4 nitrogen and oxygen atoms in total. The third-order valence-corrected chi connectivity index (χ3v) is 4.30. The second-order valence-electron chi connectivity index (χ2n) is 6.13. The van der Waals surface area contributed by atoms with Gasteiger partial charge < -0.3 is 5.32 Å². The van der Waals surface area contributed by atoms with Crippen molar-refractivity contribution >= 4 is 17.4 Å². The number of amides is 1. The topological polar surface area (TPSA) is 49.4 Å². The number of piperidine rings is 1. The number of para-hydroxylation sites is 1. The number of ketones is 1. The third-order valence-electron chi connectivity index (χ3n) is 4.30. The van der Waals surface area contributed by atoms with E-state index >= 15 is 0 Å². The van der Waals surface area contributed by atoms with Gasteiger partial charge in [-0.2, -0.15) is 0 Å². The van der Waals surface area contributed by atoms with Crippen LogP contribution >= 0.6 is 0 Å². The number of rotatable bonds is 5. The van der Waals surface area contributed by atoms with E-state index < -0.39 is 0 Å². The van der Waals surface area contributed by atoms with Crippen molar-refractivity contribution in [2.24, 2.45) is 0 Å². The summed E-state index contributed by atoms with van der Waals surface area (Å²) in [6.07, 6.45) is 3.54. The van der Waals surface area contributed by atoms with Crippen molar-refractivity contribution in [3.05, 3.63) is 65.7 Å². The highest BCUT2D eigenvalue weighted by molar-refractivity contribution is 6.13. The average Bonchev–Trinajstić information content (AvgIpc) is 2.63. The molecule has 2 aromatic carbocycles. The summed E-state index contributed by atoms with van der Waals surface area (Å²) in [5.74, 6) is -0.144. The average molecular weight is 322 g/mol. The monoisotopic (exact) mass is 322 g/mol. The first-order chi connectivity index (χ1) is 11.7. The largest absolute Gasteiger partial charge is 0.324 e. The van der Waals surface area contributed by atoms with Crippen LogP contribution in [0.3, 0.4) is 0 Å². The van der Waals surface area contributed by atoms with E-state index in [2.05, 4.69) is 10.2 Å². The van der Waals surface area contributed by atoms with Crippen LogP contribution in [-0.2, 0) is 4.79 Å². The molecule has 0 unspecified atom stereocenters. The molecule has 0 radical (unpaired) electrons. The molecule has 0 spiro atoms. The molecule has 24 heavy (non-hydrogen) atoms. The van der Waals surface area contributed by atoms with E-state index in [-0.39, 0.29) is 11.7 Å². The van der Waals surface area contributed by atoms with Gasteiger partial charge in [-0.3, -0.25) is 14.5 Å². The molecule has 0 atom stereocenters. The number of benzene rings is 2. The predicted octanol–water partition coefficient (Wildman–Crippen LogP) is 3.34. The van der Waals surface area contributed by atoms with Crippen LogP contribution in [0.25, 0.3) is 0 Å². The maximum atomic E-state index is 12.7. The molecule has 1 fully saturated rings. The van der Waals surface area contributed by atoms with E-state index in [1.165, 1.54) is 6.42 Å². The number of likely N-dealkylation sites (tertiary alicyclic amines) is 1. The van der Waals surface area contributed by atoms with Gasteiger partial charge in [0, 0.05) is 11.1 Å². The summed E-state index contributed by atoms with van der Waals surface area (Å²) in [5, 5.41) is 2.91. The van der Waals surface area contributed by atoms with Crippen LogP contribution in [0, 0.1) is 0 Å². The molecule has 4 heteroatoms. The molecule has 0 aliphatic carbocycles. The lowest BCUT2D eigenvalue weighted by Gasteiger charge is -2.25. The molecular formula is C20H22N2O2. The van der Waals surface area contributed by atoms with Gasteiger partial charge in [0.25, 0.3) is 0 Å². The number of hydrogen-bond donors (Lipinski definition) is 1.